The molecule has 0 aliphatic carbocycles. The molecule has 146 valence electrons. The van der Waals surface area contributed by atoms with Gasteiger partial charge in [0.2, 0.25) is 0 Å². The average molecular weight is 372 g/mol. The Bertz CT molecular complexity index is 783. The SMILES string of the molecule is CCCOc1cc(C)ccc1CN=C(NCC)NCc1ccc(C(N)=O)o1. The van der Waals surface area contributed by atoms with Crippen molar-refractivity contribution in [1.82, 2.24) is 10.6 Å². The van der Waals surface area contributed by atoms with Crippen molar-refractivity contribution in [1.29, 1.82) is 0 Å². The van der Waals surface area contributed by atoms with E-state index in [2.05, 4.69) is 28.6 Å². The van der Waals surface area contributed by atoms with E-state index in [1.165, 1.54) is 0 Å². The van der Waals surface area contributed by atoms with E-state index in [1.54, 1.807) is 12.1 Å². The second kappa shape index (κ2) is 10.3. The molecule has 1 aromatic heterocycles. The summed E-state index contributed by atoms with van der Waals surface area (Å²) in [5.41, 5.74) is 7.38. The lowest BCUT2D eigenvalue weighted by Gasteiger charge is -2.13. The van der Waals surface area contributed by atoms with Gasteiger partial charge in [-0.3, -0.25) is 4.79 Å². The van der Waals surface area contributed by atoms with Crippen molar-refractivity contribution in [3.05, 3.63) is 53.0 Å². The molecule has 1 heterocycles. The maximum Gasteiger partial charge on any atom is 0.284 e. The predicted molar refractivity (Wildman–Crippen MR) is 106 cm³/mol. The maximum absolute atomic E-state index is 11.1. The molecular formula is C20H28N4O3. The lowest BCUT2D eigenvalue weighted by Crippen LogP contribution is -2.36. The highest BCUT2D eigenvalue weighted by Gasteiger charge is 2.08. The number of aryl methyl sites for hydroxylation is 1. The Labute approximate surface area is 160 Å². The highest BCUT2D eigenvalue weighted by molar-refractivity contribution is 5.89. The van der Waals surface area contributed by atoms with Gasteiger partial charge in [-0.2, -0.15) is 0 Å². The Morgan fingerprint density at radius 1 is 1.22 bits per heavy atom. The summed E-state index contributed by atoms with van der Waals surface area (Å²) >= 11 is 0. The van der Waals surface area contributed by atoms with E-state index in [1.807, 2.05) is 26.0 Å². The van der Waals surface area contributed by atoms with Gasteiger partial charge in [-0.05, 0) is 44.0 Å². The third-order valence-corrected chi connectivity index (χ3v) is 3.77. The summed E-state index contributed by atoms with van der Waals surface area (Å²) in [6.45, 7) is 8.41. The third-order valence-electron chi connectivity index (χ3n) is 3.77. The molecule has 0 aliphatic rings. The number of hydrogen-bond acceptors (Lipinski definition) is 4. The molecular weight excluding hydrogens is 344 g/mol. The fourth-order valence-electron chi connectivity index (χ4n) is 2.42. The Hall–Kier alpha value is -2.96. The molecule has 1 amide bonds. The molecule has 2 aromatic rings. The van der Waals surface area contributed by atoms with Gasteiger partial charge in [-0.1, -0.05) is 19.1 Å². The van der Waals surface area contributed by atoms with Crippen LogP contribution in [-0.2, 0) is 13.1 Å². The summed E-state index contributed by atoms with van der Waals surface area (Å²) in [6.07, 6.45) is 0.956. The number of aliphatic imine (C=N–C) groups is 1. The normalized spacial score (nSPS) is 11.3. The number of nitrogens with one attached hydrogen (secondary N) is 2. The van der Waals surface area contributed by atoms with E-state index >= 15 is 0 Å². The van der Waals surface area contributed by atoms with Crippen molar-refractivity contribution in [3.63, 3.8) is 0 Å². The zero-order valence-electron chi connectivity index (χ0n) is 16.2. The minimum atomic E-state index is -0.583. The van der Waals surface area contributed by atoms with Crippen LogP contribution in [0.3, 0.4) is 0 Å². The number of carbonyl (C=O) groups is 1. The van der Waals surface area contributed by atoms with Gasteiger partial charge in [0.25, 0.3) is 5.91 Å². The molecule has 0 radical (unpaired) electrons. The quantitative estimate of drug-likeness (QED) is 0.464. The second-order valence-electron chi connectivity index (χ2n) is 6.14. The van der Waals surface area contributed by atoms with Gasteiger partial charge in [-0.25, -0.2) is 4.99 Å². The average Bonchev–Trinajstić information content (AvgIpc) is 3.12. The molecule has 0 bridgehead atoms. The van der Waals surface area contributed by atoms with Gasteiger partial charge in [0.1, 0.15) is 11.5 Å². The summed E-state index contributed by atoms with van der Waals surface area (Å²) in [5.74, 6) is 1.69. The van der Waals surface area contributed by atoms with Crippen LogP contribution in [0.1, 0.15) is 47.7 Å². The number of carbonyl (C=O) groups excluding carboxylic acids is 1. The molecule has 1 aromatic carbocycles. The van der Waals surface area contributed by atoms with Gasteiger partial charge in [-0.15, -0.1) is 0 Å². The van der Waals surface area contributed by atoms with Crippen LogP contribution in [-0.4, -0.2) is 25.0 Å². The molecule has 0 atom stereocenters. The van der Waals surface area contributed by atoms with E-state index < -0.39 is 5.91 Å². The van der Waals surface area contributed by atoms with Gasteiger partial charge >= 0.3 is 0 Å². The number of ether oxygens (including phenoxy) is 1. The van der Waals surface area contributed by atoms with Crippen LogP contribution in [0.4, 0.5) is 0 Å². The largest absolute Gasteiger partial charge is 0.493 e. The zero-order chi connectivity index (χ0) is 19.6. The first-order chi connectivity index (χ1) is 13.0. The molecule has 2 rings (SSSR count). The van der Waals surface area contributed by atoms with Gasteiger partial charge in [0.05, 0.1) is 19.7 Å². The van der Waals surface area contributed by atoms with Crippen LogP contribution < -0.4 is 21.1 Å². The molecule has 4 N–H and O–H groups in total. The first kappa shape index (κ1) is 20.4. The lowest BCUT2D eigenvalue weighted by molar-refractivity contribution is 0.0972. The second-order valence-corrected chi connectivity index (χ2v) is 6.14. The summed E-state index contributed by atoms with van der Waals surface area (Å²) in [5, 5.41) is 6.38. The van der Waals surface area contributed by atoms with Crippen LogP contribution in [0.5, 0.6) is 5.75 Å². The fourth-order valence-corrected chi connectivity index (χ4v) is 2.42. The van der Waals surface area contributed by atoms with Crippen LogP contribution in [0.2, 0.25) is 0 Å². The molecule has 0 saturated heterocycles. The highest BCUT2D eigenvalue weighted by atomic mass is 16.5. The maximum atomic E-state index is 11.1. The summed E-state index contributed by atoms with van der Waals surface area (Å²) in [7, 11) is 0. The van der Waals surface area contributed by atoms with Crippen molar-refractivity contribution in [3.8, 4) is 5.75 Å². The minimum absolute atomic E-state index is 0.145. The van der Waals surface area contributed by atoms with E-state index in [9.17, 15) is 4.79 Å². The van der Waals surface area contributed by atoms with Gasteiger partial charge in [0.15, 0.2) is 11.7 Å². The third kappa shape index (κ3) is 6.36. The Balaban J connectivity index is 2.05. The molecule has 0 aliphatic heterocycles. The Morgan fingerprint density at radius 3 is 2.70 bits per heavy atom. The van der Waals surface area contributed by atoms with E-state index in [0.29, 0.717) is 31.4 Å². The van der Waals surface area contributed by atoms with Crippen LogP contribution in [0, 0.1) is 6.92 Å². The molecule has 0 fully saturated rings. The zero-order valence-corrected chi connectivity index (χ0v) is 16.2. The first-order valence-electron chi connectivity index (χ1n) is 9.16. The van der Waals surface area contributed by atoms with Gasteiger partial charge < -0.3 is 25.5 Å². The molecule has 27 heavy (non-hydrogen) atoms. The van der Waals surface area contributed by atoms with Gasteiger partial charge in [0, 0.05) is 12.1 Å². The summed E-state index contributed by atoms with van der Waals surface area (Å²) < 4.78 is 11.2. The van der Waals surface area contributed by atoms with Crippen LogP contribution >= 0.6 is 0 Å². The number of amides is 1. The summed E-state index contributed by atoms with van der Waals surface area (Å²) in [4.78, 5) is 15.7. The Morgan fingerprint density at radius 2 is 2.04 bits per heavy atom. The molecule has 0 spiro atoms. The Kier molecular flexibility index (Phi) is 7.73. The smallest absolute Gasteiger partial charge is 0.284 e. The number of hydrogen-bond donors (Lipinski definition) is 3. The fraction of sp³-hybridized carbons (Fsp3) is 0.400. The number of guanidine groups is 1. The van der Waals surface area contributed by atoms with E-state index in [4.69, 9.17) is 14.9 Å². The lowest BCUT2D eigenvalue weighted by atomic mass is 10.1. The molecule has 0 saturated carbocycles. The standard InChI is InChI=1S/C20H28N4O3/c1-4-10-26-18-11-14(3)6-7-15(18)12-23-20(22-5-2)24-13-16-8-9-17(27-16)19(21)25/h6-9,11H,4-5,10,12-13H2,1-3H3,(H2,21,25)(H2,22,23,24). The van der Waals surface area contributed by atoms with Crippen molar-refractivity contribution in [2.75, 3.05) is 13.2 Å². The highest BCUT2D eigenvalue weighted by Crippen LogP contribution is 2.21. The van der Waals surface area contributed by atoms with Crippen LogP contribution in [0.15, 0.2) is 39.7 Å². The minimum Gasteiger partial charge on any atom is -0.493 e. The van der Waals surface area contributed by atoms with Crippen molar-refractivity contribution >= 4 is 11.9 Å². The number of benzene rings is 1. The molecule has 0 unspecified atom stereocenters. The predicted octanol–water partition coefficient (Wildman–Crippen LogP) is 2.73. The van der Waals surface area contributed by atoms with Crippen molar-refractivity contribution < 1.29 is 13.9 Å². The topological polar surface area (TPSA) is 102 Å². The molecule has 7 nitrogen and oxygen atoms in total. The number of furan rings is 1. The number of nitrogens with zero attached hydrogens (tertiary/aromatic N) is 1. The first-order valence-corrected chi connectivity index (χ1v) is 9.16. The summed E-state index contributed by atoms with van der Waals surface area (Å²) in [6, 6.07) is 9.41. The number of primary amides is 1. The van der Waals surface area contributed by atoms with Crippen molar-refractivity contribution in [2.24, 2.45) is 10.7 Å². The van der Waals surface area contributed by atoms with Crippen LogP contribution in [0.25, 0.3) is 0 Å². The molecule has 7 heteroatoms. The monoisotopic (exact) mass is 372 g/mol. The number of rotatable bonds is 9. The van der Waals surface area contributed by atoms with E-state index in [0.717, 1.165) is 29.8 Å². The number of nitrogens with two attached hydrogens (primary N) is 1. The van der Waals surface area contributed by atoms with Crippen molar-refractivity contribution in [2.45, 2.75) is 40.3 Å². The van der Waals surface area contributed by atoms with E-state index in [-0.39, 0.29) is 5.76 Å².